The molecular weight excluding hydrogens is 366 g/mol. The van der Waals surface area contributed by atoms with E-state index in [2.05, 4.69) is 15.0 Å². The summed E-state index contributed by atoms with van der Waals surface area (Å²) >= 11 is 0. The molecule has 2 N–H and O–H groups in total. The summed E-state index contributed by atoms with van der Waals surface area (Å²) in [5, 5.41) is 3.15. The second-order valence-electron chi connectivity index (χ2n) is 5.83. The van der Waals surface area contributed by atoms with Crippen LogP contribution < -0.4 is 19.5 Å². The fourth-order valence-corrected chi connectivity index (χ4v) is 3.68. The molecule has 0 unspecified atom stereocenters. The Kier molecular flexibility index (Phi) is 4.55. The van der Waals surface area contributed by atoms with Gasteiger partial charge in [0.2, 0.25) is 0 Å². The van der Waals surface area contributed by atoms with Crippen LogP contribution >= 0.6 is 0 Å². The Balaban J connectivity index is 1.46. The lowest BCUT2D eigenvalue weighted by Crippen LogP contribution is -2.15. The molecule has 0 atom stereocenters. The predicted molar refractivity (Wildman–Crippen MR) is 102 cm³/mol. The van der Waals surface area contributed by atoms with E-state index in [1.54, 1.807) is 30.3 Å². The zero-order chi connectivity index (χ0) is 18.7. The lowest BCUT2D eigenvalue weighted by Gasteiger charge is -2.19. The van der Waals surface area contributed by atoms with Crippen molar-refractivity contribution >= 4 is 27.2 Å². The Bertz CT molecular complexity index is 1040. The first kappa shape index (κ1) is 17.2. The number of nitrogens with one attached hydrogen (secondary N) is 2. The van der Waals surface area contributed by atoms with Gasteiger partial charge < -0.3 is 14.8 Å². The number of aromatic nitrogens is 1. The SMILES string of the molecule is O=S(=O)(Nc1ccc(Nc2ccc3c(c2)OCCO3)nc1)c1ccccc1. The molecule has 0 saturated carbocycles. The maximum Gasteiger partial charge on any atom is 0.261 e. The van der Waals surface area contributed by atoms with Crippen LogP contribution in [-0.4, -0.2) is 26.6 Å². The summed E-state index contributed by atoms with van der Waals surface area (Å²) in [4.78, 5) is 4.45. The lowest BCUT2D eigenvalue weighted by atomic mass is 10.2. The van der Waals surface area contributed by atoms with Crippen LogP contribution in [0.1, 0.15) is 0 Å². The number of anilines is 3. The van der Waals surface area contributed by atoms with Gasteiger partial charge in [-0.15, -0.1) is 0 Å². The average Bonchev–Trinajstić information content (AvgIpc) is 2.70. The number of benzene rings is 2. The van der Waals surface area contributed by atoms with Crippen molar-refractivity contribution in [2.75, 3.05) is 23.3 Å². The monoisotopic (exact) mass is 383 g/mol. The van der Waals surface area contributed by atoms with Crippen molar-refractivity contribution in [3.05, 3.63) is 66.9 Å². The highest BCUT2D eigenvalue weighted by molar-refractivity contribution is 7.92. The fourth-order valence-electron chi connectivity index (χ4n) is 2.61. The highest BCUT2D eigenvalue weighted by Gasteiger charge is 2.14. The number of hydrogen-bond acceptors (Lipinski definition) is 6. The standard InChI is InChI=1S/C19H17N3O4S/c23-27(24,16-4-2-1-3-5-16)22-15-7-9-19(20-13-15)21-14-6-8-17-18(12-14)26-11-10-25-17/h1-9,12-13,22H,10-11H2,(H,20,21). The molecule has 2 heterocycles. The van der Waals surface area contributed by atoms with E-state index in [9.17, 15) is 8.42 Å². The summed E-state index contributed by atoms with van der Waals surface area (Å²) in [6, 6.07) is 17.1. The topological polar surface area (TPSA) is 89.6 Å². The van der Waals surface area contributed by atoms with Crippen molar-refractivity contribution in [3.8, 4) is 11.5 Å². The number of pyridine rings is 1. The van der Waals surface area contributed by atoms with Crippen molar-refractivity contribution in [3.63, 3.8) is 0 Å². The van der Waals surface area contributed by atoms with Crippen LogP contribution in [0.25, 0.3) is 0 Å². The van der Waals surface area contributed by atoms with Gasteiger partial charge in [0, 0.05) is 11.8 Å². The molecule has 1 aromatic heterocycles. The van der Waals surface area contributed by atoms with E-state index in [4.69, 9.17) is 9.47 Å². The quantitative estimate of drug-likeness (QED) is 0.702. The van der Waals surface area contributed by atoms with Crippen LogP contribution in [0.2, 0.25) is 0 Å². The van der Waals surface area contributed by atoms with Crippen molar-refractivity contribution in [2.45, 2.75) is 4.90 Å². The van der Waals surface area contributed by atoms with Gasteiger partial charge in [-0.1, -0.05) is 18.2 Å². The molecule has 8 heteroatoms. The first-order valence-corrected chi connectivity index (χ1v) is 9.79. The highest BCUT2D eigenvalue weighted by atomic mass is 32.2. The van der Waals surface area contributed by atoms with Gasteiger partial charge in [0.1, 0.15) is 19.0 Å². The zero-order valence-corrected chi connectivity index (χ0v) is 15.1. The van der Waals surface area contributed by atoms with Gasteiger partial charge >= 0.3 is 0 Å². The first-order valence-electron chi connectivity index (χ1n) is 8.31. The minimum absolute atomic E-state index is 0.198. The average molecular weight is 383 g/mol. The first-order chi connectivity index (χ1) is 13.1. The van der Waals surface area contributed by atoms with Gasteiger partial charge in [-0.25, -0.2) is 13.4 Å². The van der Waals surface area contributed by atoms with Crippen LogP contribution in [0.15, 0.2) is 71.8 Å². The van der Waals surface area contributed by atoms with Crippen molar-refractivity contribution in [1.29, 1.82) is 0 Å². The van der Waals surface area contributed by atoms with Crippen LogP contribution in [0.3, 0.4) is 0 Å². The van der Waals surface area contributed by atoms with Gasteiger partial charge in [0.15, 0.2) is 11.5 Å². The summed E-state index contributed by atoms with van der Waals surface area (Å²) in [7, 11) is -3.64. The fraction of sp³-hybridized carbons (Fsp3) is 0.105. The van der Waals surface area contributed by atoms with Crippen LogP contribution in [0.5, 0.6) is 11.5 Å². The number of ether oxygens (including phenoxy) is 2. The number of hydrogen-bond donors (Lipinski definition) is 2. The van der Waals surface area contributed by atoms with E-state index in [-0.39, 0.29) is 4.90 Å². The van der Waals surface area contributed by atoms with E-state index in [0.29, 0.717) is 36.2 Å². The van der Waals surface area contributed by atoms with Crippen molar-refractivity contribution < 1.29 is 17.9 Å². The van der Waals surface area contributed by atoms with Gasteiger partial charge in [0.05, 0.1) is 16.8 Å². The van der Waals surface area contributed by atoms with Gasteiger partial charge in [-0.2, -0.15) is 0 Å². The molecule has 7 nitrogen and oxygen atoms in total. The van der Waals surface area contributed by atoms with E-state index in [1.807, 2.05) is 18.2 Å². The normalized spacial score (nSPS) is 13.0. The molecule has 27 heavy (non-hydrogen) atoms. The maximum absolute atomic E-state index is 12.3. The van der Waals surface area contributed by atoms with Gasteiger partial charge in [-0.3, -0.25) is 4.72 Å². The molecule has 0 spiro atoms. The molecule has 0 aliphatic carbocycles. The van der Waals surface area contributed by atoms with Gasteiger partial charge in [-0.05, 0) is 36.4 Å². The summed E-state index contributed by atoms with van der Waals surface area (Å²) in [5.41, 5.74) is 1.18. The minimum Gasteiger partial charge on any atom is -0.486 e. The Morgan fingerprint density at radius 3 is 2.33 bits per heavy atom. The van der Waals surface area contributed by atoms with E-state index in [0.717, 1.165) is 5.69 Å². The molecule has 0 fully saturated rings. The molecule has 0 radical (unpaired) electrons. The van der Waals surface area contributed by atoms with Crippen molar-refractivity contribution in [1.82, 2.24) is 4.98 Å². The third-order valence-electron chi connectivity index (χ3n) is 3.88. The van der Waals surface area contributed by atoms with Gasteiger partial charge in [0.25, 0.3) is 10.0 Å². The summed E-state index contributed by atoms with van der Waals surface area (Å²) < 4.78 is 38.2. The number of nitrogens with zero attached hydrogens (tertiary/aromatic N) is 1. The molecule has 3 aromatic rings. The summed E-state index contributed by atoms with van der Waals surface area (Å²) in [5.74, 6) is 1.97. The van der Waals surface area contributed by atoms with Crippen molar-refractivity contribution in [2.24, 2.45) is 0 Å². The molecule has 0 amide bonds. The van der Waals surface area contributed by atoms with E-state index >= 15 is 0 Å². The Morgan fingerprint density at radius 2 is 1.59 bits per heavy atom. The third-order valence-corrected chi connectivity index (χ3v) is 5.28. The highest BCUT2D eigenvalue weighted by Crippen LogP contribution is 2.33. The number of sulfonamides is 1. The Morgan fingerprint density at radius 1 is 0.852 bits per heavy atom. The molecule has 0 bridgehead atoms. The molecule has 1 aliphatic rings. The molecule has 138 valence electrons. The maximum atomic E-state index is 12.3. The number of fused-ring (bicyclic) bond motifs is 1. The smallest absolute Gasteiger partial charge is 0.261 e. The Hall–Kier alpha value is -3.26. The second-order valence-corrected chi connectivity index (χ2v) is 7.52. The minimum atomic E-state index is -3.64. The largest absolute Gasteiger partial charge is 0.486 e. The lowest BCUT2D eigenvalue weighted by molar-refractivity contribution is 0.171. The molecule has 2 aromatic carbocycles. The molecule has 4 rings (SSSR count). The predicted octanol–water partition coefficient (Wildman–Crippen LogP) is 3.40. The zero-order valence-electron chi connectivity index (χ0n) is 14.3. The van der Waals surface area contributed by atoms with E-state index < -0.39 is 10.0 Å². The van der Waals surface area contributed by atoms with Crippen LogP contribution in [0, 0.1) is 0 Å². The molecular formula is C19H17N3O4S. The Labute approximate surface area is 157 Å². The molecule has 0 saturated heterocycles. The van der Waals surface area contributed by atoms with E-state index in [1.165, 1.54) is 18.3 Å². The van der Waals surface area contributed by atoms with Crippen LogP contribution in [-0.2, 0) is 10.0 Å². The second kappa shape index (κ2) is 7.16. The summed E-state index contributed by atoms with van der Waals surface area (Å²) in [6.45, 7) is 1.06. The third kappa shape index (κ3) is 3.95. The number of rotatable bonds is 5. The van der Waals surface area contributed by atoms with Crippen LogP contribution in [0.4, 0.5) is 17.2 Å². The summed E-state index contributed by atoms with van der Waals surface area (Å²) in [6.07, 6.45) is 1.46. The molecule has 1 aliphatic heterocycles.